The van der Waals surface area contributed by atoms with Gasteiger partial charge in [0.25, 0.3) is 0 Å². The summed E-state index contributed by atoms with van der Waals surface area (Å²) in [6.45, 7) is 2.07. The first-order valence-electron chi connectivity index (χ1n) is 5.81. The van der Waals surface area contributed by atoms with E-state index < -0.39 is 0 Å². The molecule has 1 aromatic rings. The molecule has 1 rings (SSSR count). The lowest BCUT2D eigenvalue weighted by Crippen LogP contribution is -2.17. The van der Waals surface area contributed by atoms with Crippen molar-refractivity contribution in [3.8, 4) is 17.2 Å². The molecule has 1 aromatic carbocycles. The molecule has 0 fully saturated rings. The first kappa shape index (κ1) is 14.4. The number of rotatable bonds is 6. The molecule has 0 aromatic heterocycles. The van der Waals surface area contributed by atoms with Crippen LogP contribution in [0.15, 0.2) is 18.2 Å². The Morgan fingerprint density at radius 1 is 1.06 bits per heavy atom. The standard InChI is InChI=1S/C14H21NO3/c1-10(15-2)6-7-12-13(17-4)8-11(16-3)9-14(12)18-5/h6-10,15H,1-5H3/b7-6+. The Kier molecular flexibility index (Phi) is 5.52. The van der Waals surface area contributed by atoms with Crippen LogP contribution in [0.4, 0.5) is 0 Å². The second-order valence-electron chi connectivity index (χ2n) is 3.88. The molecule has 0 aliphatic heterocycles. The van der Waals surface area contributed by atoms with Crippen molar-refractivity contribution in [2.75, 3.05) is 28.4 Å². The third-order valence-corrected chi connectivity index (χ3v) is 2.76. The third kappa shape index (κ3) is 3.40. The van der Waals surface area contributed by atoms with Crippen LogP contribution < -0.4 is 19.5 Å². The molecular formula is C14H21NO3. The largest absolute Gasteiger partial charge is 0.496 e. The Morgan fingerprint density at radius 2 is 1.61 bits per heavy atom. The molecule has 4 nitrogen and oxygen atoms in total. The summed E-state index contributed by atoms with van der Waals surface area (Å²) in [6.07, 6.45) is 4.03. The van der Waals surface area contributed by atoms with E-state index >= 15 is 0 Å². The van der Waals surface area contributed by atoms with E-state index in [1.54, 1.807) is 21.3 Å². The molecule has 0 spiro atoms. The summed E-state index contributed by atoms with van der Waals surface area (Å²) in [5.41, 5.74) is 0.905. The smallest absolute Gasteiger partial charge is 0.133 e. The molecule has 0 aliphatic carbocycles. The second kappa shape index (κ2) is 6.91. The fourth-order valence-electron chi connectivity index (χ4n) is 1.53. The molecule has 18 heavy (non-hydrogen) atoms. The maximum atomic E-state index is 5.36. The quantitative estimate of drug-likeness (QED) is 0.842. The van der Waals surface area contributed by atoms with Gasteiger partial charge in [0, 0.05) is 18.2 Å². The number of hydrogen-bond acceptors (Lipinski definition) is 4. The predicted octanol–water partition coefficient (Wildman–Crippen LogP) is 2.33. The van der Waals surface area contributed by atoms with Gasteiger partial charge in [-0.25, -0.2) is 0 Å². The minimum atomic E-state index is 0.279. The molecule has 1 N–H and O–H groups in total. The highest BCUT2D eigenvalue weighted by Crippen LogP contribution is 2.34. The van der Waals surface area contributed by atoms with Gasteiger partial charge >= 0.3 is 0 Å². The van der Waals surface area contributed by atoms with Crippen molar-refractivity contribution in [2.45, 2.75) is 13.0 Å². The molecule has 0 aliphatic rings. The summed E-state index contributed by atoms with van der Waals surface area (Å²) in [7, 11) is 6.80. The van der Waals surface area contributed by atoms with Crippen molar-refractivity contribution in [3.63, 3.8) is 0 Å². The van der Waals surface area contributed by atoms with Crippen LogP contribution in [0, 0.1) is 0 Å². The Hall–Kier alpha value is -1.68. The lowest BCUT2D eigenvalue weighted by atomic mass is 10.1. The van der Waals surface area contributed by atoms with Gasteiger partial charge in [-0.15, -0.1) is 0 Å². The van der Waals surface area contributed by atoms with Gasteiger partial charge in [0.1, 0.15) is 17.2 Å². The average molecular weight is 251 g/mol. The van der Waals surface area contributed by atoms with Crippen LogP contribution in [0.25, 0.3) is 6.08 Å². The lowest BCUT2D eigenvalue weighted by Gasteiger charge is -2.13. The van der Waals surface area contributed by atoms with Gasteiger partial charge in [-0.1, -0.05) is 6.08 Å². The maximum absolute atomic E-state index is 5.36. The van der Waals surface area contributed by atoms with E-state index in [1.807, 2.05) is 31.3 Å². The average Bonchev–Trinajstić information content (AvgIpc) is 2.43. The normalized spacial score (nSPS) is 12.5. The van der Waals surface area contributed by atoms with E-state index in [9.17, 15) is 0 Å². The van der Waals surface area contributed by atoms with Crippen LogP contribution in [-0.4, -0.2) is 34.4 Å². The molecule has 0 radical (unpaired) electrons. The van der Waals surface area contributed by atoms with Crippen LogP contribution in [0.2, 0.25) is 0 Å². The highest BCUT2D eigenvalue weighted by atomic mass is 16.5. The van der Waals surface area contributed by atoms with Gasteiger partial charge in [-0.2, -0.15) is 0 Å². The van der Waals surface area contributed by atoms with Crippen LogP contribution in [0.1, 0.15) is 12.5 Å². The minimum Gasteiger partial charge on any atom is -0.496 e. The van der Waals surface area contributed by atoms with Gasteiger partial charge in [-0.05, 0) is 20.0 Å². The number of ether oxygens (including phenoxy) is 3. The van der Waals surface area contributed by atoms with Gasteiger partial charge in [0.05, 0.1) is 26.9 Å². The van der Waals surface area contributed by atoms with Crippen LogP contribution in [-0.2, 0) is 0 Å². The third-order valence-electron chi connectivity index (χ3n) is 2.76. The van der Waals surface area contributed by atoms with Gasteiger partial charge in [0.2, 0.25) is 0 Å². The number of methoxy groups -OCH3 is 3. The Morgan fingerprint density at radius 3 is 2.00 bits per heavy atom. The van der Waals surface area contributed by atoms with E-state index in [2.05, 4.69) is 12.2 Å². The van der Waals surface area contributed by atoms with Crippen LogP contribution >= 0.6 is 0 Å². The summed E-state index contributed by atoms with van der Waals surface area (Å²) in [4.78, 5) is 0. The molecule has 0 bridgehead atoms. The minimum absolute atomic E-state index is 0.279. The Balaban J connectivity index is 3.18. The van der Waals surface area contributed by atoms with Crippen molar-refractivity contribution in [2.24, 2.45) is 0 Å². The molecule has 100 valence electrons. The number of benzene rings is 1. The predicted molar refractivity (Wildman–Crippen MR) is 73.7 cm³/mol. The molecular weight excluding hydrogens is 230 g/mol. The number of nitrogens with one attached hydrogen (secondary N) is 1. The van der Waals surface area contributed by atoms with E-state index in [0.29, 0.717) is 5.75 Å². The fraction of sp³-hybridized carbons (Fsp3) is 0.429. The highest BCUT2D eigenvalue weighted by Gasteiger charge is 2.10. The Labute approximate surface area is 109 Å². The SMILES string of the molecule is CNC(C)/C=C/c1c(OC)cc(OC)cc1OC. The van der Waals surface area contributed by atoms with Crippen molar-refractivity contribution >= 4 is 6.08 Å². The van der Waals surface area contributed by atoms with Crippen molar-refractivity contribution in [1.29, 1.82) is 0 Å². The van der Waals surface area contributed by atoms with Gasteiger partial charge in [-0.3, -0.25) is 0 Å². The molecule has 0 amide bonds. The summed E-state index contributed by atoms with van der Waals surface area (Å²) >= 11 is 0. The fourth-order valence-corrected chi connectivity index (χ4v) is 1.53. The molecule has 4 heteroatoms. The van der Waals surface area contributed by atoms with Crippen molar-refractivity contribution < 1.29 is 14.2 Å². The lowest BCUT2D eigenvalue weighted by molar-refractivity contribution is 0.374. The van der Waals surface area contributed by atoms with E-state index in [4.69, 9.17) is 14.2 Å². The summed E-state index contributed by atoms with van der Waals surface area (Å²) in [5.74, 6) is 2.17. The molecule has 0 saturated carbocycles. The summed E-state index contributed by atoms with van der Waals surface area (Å²) < 4.78 is 15.9. The summed E-state index contributed by atoms with van der Waals surface area (Å²) in [5, 5.41) is 3.14. The molecule has 0 saturated heterocycles. The Bertz CT molecular complexity index is 390. The second-order valence-corrected chi connectivity index (χ2v) is 3.88. The maximum Gasteiger partial charge on any atom is 0.133 e. The highest BCUT2D eigenvalue weighted by molar-refractivity contribution is 5.66. The van der Waals surface area contributed by atoms with Gasteiger partial charge in [0.15, 0.2) is 0 Å². The van der Waals surface area contributed by atoms with E-state index in [1.165, 1.54) is 0 Å². The van der Waals surface area contributed by atoms with E-state index in [0.717, 1.165) is 17.1 Å². The zero-order valence-electron chi connectivity index (χ0n) is 11.6. The monoisotopic (exact) mass is 251 g/mol. The zero-order valence-corrected chi connectivity index (χ0v) is 11.6. The first-order chi connectivity index (χ1) is 8.65. The van der Waals surface area contributed by atoms with Crippen LogP contribution in [0.5, 0.6) is 17.2 Å². The first-order valence-corrected chi connectivity index (χ1v) is 5.81. The zero-order chi connectivity index (χ0) is 13.5. The summed E-state index contributed by atoms with van der Waals surface area (Å²) in [6, 6.07) is 3.96. The topological polar surface area (TPSA) is 39.7 Å². The van der Waals surface area contributed by atoms with Crippen molar-refractivity contribution in [3.05, 3.63) is 23.8 Å². The number of hydrogen-bond donors (Lipinski definition) is 1. The number of likely N-dealkylation sites (N-methyl/N-ethyl adjacent to an activating group) is 1. The molecule has 1 unspecified atom stereocenters. The molecule has 1 atom stereocenters. The van der Waals surface area contributed by atoms with Gasteiger partial charge < -0.3 is 19.5 Å². The van der Waals surface area contributed by atoms with E-state index in [-0.39, 0.29) is 6.04 Å². The molecule has 0 heterocycles. The van der Waals surface area contributed by atoms with Crippen molar-refractivity contribution in [1.82, 2.24) is 5.32 Å². The van der Waals surface area contributed by atoms with Crippen LogP contribution in [0.3, 0.4) is 0 Å².